The number of rotatable bonds is 3. The van der Waals surface area contributed by atoms with Crippen molar-refractivity contribution in [2.45, 2.75) is 37.1 Å². The highest BCUT2D eigenvalue weighted by atomic mass is 16.5. The molecule has 1 heterocycles. The third kappa shape index (κ3) is 2.03. The molecule has 1 unspecified atom stereocenters. The maximum atomic E-state index is 12.4. The Balaban J connectivity index is 1.79. The lowest BCUT2D eigenvalue weighted by molar-refractivity contribution is -0.147. The summed E-state index contributed by atoms with van der Waals surface area (Å²) in [6, 6.07) is 7.39. The summed E-state index contributed by atoms with van der Waals surface area (Å²) < 4.78 is 5.48. The van der Waals surface area contributed by atoms with Gasteiger partial charge in [0.15, 0.2) is 0 Å². The Labute approximate surface area is 116 Å². The van der Waals surface area contributed by atoms with Gasteiger partial charge >= 0.3 is 5.97 Å². The van der Waals surface area contributed by atoms with E-state index in [0.29, 0.717) is 18.6 Å². The van der Waals surface area contributed by atoms with Gasteiger partial charge in [0.25, 0.3) is 0 Å². The van der Waals surface area contributed by atoms with E-state index in [1.54, 1.807) is 0 Å². The van der Waals surface area contributed by atoms with E-state index in [-0.39, 0.29) is 12.5 Å². The number of carbonyl (C=O) groups is 2. The van der Waals surface area contributed by atoms with Gasteiger partial charge in [-0.3, -0.25) is 4.79 Å². The van der Waals surface area contributed by atoms with Crippen LogP contribution in [0.15, 0.2) is 24.3 Å². The van der Waals surface area contributed by atoms with Gasteiger partial charge in [-0.2, -0.15) is 0 Å². The highest BCUT2D eigenvalue weighted by Crippen LogP contribution is 2.35. The Morgan fingerprint density at radius 2 is 1.95 bits per heavy atom. The lowest BCUT2D eigenvalue weighted by Crippen LogP contribution is -2.53. The van der Waals surface area contributed by atoms with Crippen LogP contribution in [0.25, 0.3) is 0 Å². The molecule has 5 heteroatoms. The molecule has 1 aliphatic heterocycles. The molecule has 5 nitrogen and oxygen atoms in total. The Morgan fingerprint density at radius 1 is 1.25 bits per heavy atom. The molecule has 20 heavy (non-hydrogen) atoms. The average Bonchev–Trinajstić information content (AvgIpc) is 3.05. The Bertz CT molecular complexity index is 549. The fourth-order valence-electron chi connectivity index (χ4n) is 3.07. The summed E-state index contributed by atoms with van der Waals surface area (Å²) in [5, 5.41) is 12.2. The molecule has 1 aliphatic carbocycles. The number of carboxylic acids is 1. The Hall–Kier alpha value is -2.04. The van der Waals surface area contributed by atoms with Crippen molar-refractivity contribution in [2.75, 3.05) is 6.61 Å². The smallest absolute Gasteiger partial charge is 0.329 e. The number of aliphatic carboxylic acids is 1. The van der Waals surface area contributed by atoms with Gasteiger partial charge in [0.05, 0.1) is 0 Å². The first-order valence-electron chi connectivity index (χ1n) is 6.89. The minimum absolute atomic E-state index is 0.251. The van der Waals surface area contributed by atoms with E-state index in [2.05, 4.69) is 5.32 Å². The molecular formula is C15H17NO4. The lowest BCUT2D eigenvalue weighted by atomic mass is 9.94. The van der Waals surface area contributed by atoms with Crippen LogP contribution < -0.4 is 10.1 Å². The summed E-state index contributed by atoms with van der Waals surface area (Å²) in [7, 11) is 0. The van der Waals surface area contributed by atoms with E-state index >= 15 is 0 Å². The van der Waals surface area contributed by atoms with Gasteiger partial charge < -0.3 is 15.2 Å². The molecule has 1 saturated carbocycles. The number of hydrogen-bond donors (Lipinski definition) is 2. The molecule has 0 radical (unpaired) electrons. The fraction of sp³-hybridized carbons (Fsp3) is 0.467. The second-order valence-corrected chi connectivity index (χ2v) is 5.49. The molecule has 1 amide bonds. The number of fused-ring (bicyclic) bond motifs is 1. The second-order valence-electron chi connectivity index (χ2n) is 5.49. The van der Waals surface area contributed by atoms with Crippen LogP contribution in [0.1, 0.15) is 37.2 Å². The topological polar surface area (TPSA) is 75.6 Å². The molecule has 0 bridgehead atoms. The van der Waals surface area contributed by atoms with Crippen molar-refractivity contribution in [3.63, 3.8) is 0 Å². The van der Waals surface area contributed by atoms with Gasteiger partial charge in [-0.15, -0.1) is 0 Å². The molecule has 1 fully saturated rings. The Morgan fingerprint density at radius 3 is 2.65 bits per heavy atom. The normalized spacial score (nSPS) is 22.9. The molecule has 3 rings (SSSR count). The number of amides is 1. The van der Waals surface area contributed by atoms with Crippen LogP contribution in [0.4, 0.5) is 0 Å². The van der Waals surface area contributed by atoms with Gasteiger partial charge in [-0.05, 0) is 18.9 Å². The average molecular weight is 275 g/mol. The van der Waals surface area contributed by atoms with E-state index in [0.717, 1.165) is 18.4 Å². The van der Waals surface area contributed by atoms with Crippen molar-refractivity contribution in [1.82, 2.24) is 5.32 Å². The van der Waals surface area contributed by atoms with Crippen LogP contribution >= 0.6 is 0 Å². The zero-order chi connectivity index (χ0) is 14.2. The molecule has 0 aromatic heterocycles. The first-order chi connectivity index (χ1) is 9.62. The molecule has 0 saturated heterocycles. The van der Waals surface area contributed by atoms with Gasteiger partial charge in [0.1, 0.15) is 23.8 Å². The number of para-hydroxylation sites is 1. The number of ether oxygens (including phenoxy) is 1. The monoisotopic (exact) mass is 275 g/mol. The lowest BCUT2D eigenvalue weighted by Gasteiger charge is -2.26. The van der Waals surface area contributed by atoms with Crippen molar-refractivity contribution in [2.24, 2.45) is 0 Å². The largest absolute Gasteiger partial charge is 0.492 e. The van der Waals surface area contributed by atoms with Crippen LogP contribution in [-0.4, -0.2) is 29.1 Å². The standard InChI is InChI=1S/C15H17NO4/c17-13(16-15(14(18)19)7-3-4-8-15)11-9-20-12-6-2-1-5-10(11)12/h1-2,5-6,11H,3-4,7-9H2,(H,16,17)(H,18,19). The number of hydrogen-bond acceptors (Lipinski definition) is 3. The first-order valence-corrected chi connectivity index (χ1v) is 6.89. The van der Waals surface area contributed by atoms with E-state index < -0.39 is 17.4 Å². The van der Waals surface area contributed by atoms with Gasteiger partial charge in [0, 0.05) is 5.56 Å². The molecule has 1 aromatic rings. The Kier molecular flexibility index (Phi) is 3.12. The molecule has 106 valence electrons. The fourth-order valence-corrected chi connectivity index (χ4v) is 3.07. The van der Waals surface area contributed by atoms with E-state index in [1.807, 2.05) is 24.3 Å². The molecule has 1 atom stereocenters. The zero-order valence-corrected chi connectivity index (χ0v) is 11.1. The van der Waals surface area contributed by atoms with Gasteiger partial charge in [-0.25, -0.2) is 4.79 Å². The van der Waals surface area contributed by atoms with Crippen LogP contribution in [0, 0.1) is 0 Å². The van der Waals surface area contributed by atoms with Crippen molar-refractivity contribution < 1.29 is 19.4 Å². The van der Waals surface area contributed by atoms with Crippen molar-refractivity contribution in [3.8, 4) is 5.75 Å². The van der Waals surface area contributed by atoms with Crippen molar-refractivity contribution in [1.29, 1.82) is 0 Å². The first kappa shape index (κ1) is 13.0. The van der Waals surface area contributed by atoms with Crippen LogP contribution in [0.3, 0.4) is 0 Å². The van der Waals surface area contributed by atoms with E-state index in [4.69, 9.17) is 4.74 Å². The summed E-state index contributed by atoms with van der Waals surface area (Å²) >= 11 is 0. The summed E-state index contributed by atoms with van der Waals surface area (Å²) in [4.78, 5) is 23.9. The van der Waals surface area contributed by atoms with Crippen molar-refractivity contribution >= 4 is 11.9 Å². The van der Waals surface area contributed by atoms with Gasteiger partial charge in [-0.1, -0.05) is 31.0 Å². The molecule has 0 spiro atoms. The molecule has 2 N–H and O–H groups in total. The van der Waals surface area contributed by atoms with E-state index in [1.165, 1.54) is 0 Å². The quantitative estimate of drug-likeness (QED) is 0.880. The van der Waals surface area contributed by atoms with Gasteiger partial charge in [0.2, 0.25) is 5.91 Å². The summed E-state index contributed by atoms with van der Waals surface area (Å²) in [5.74, 6) is -0.888. The summed E-state index contributed by atoms with van der Waals surface area (Å²) in [6.07, 6.45) is 2.68. The summed E-state index contributed by atoms with van der Waals surface area (Å²) in [5.41, 5.74) is -0.252. The third-order valence-corrected chi connectivity index (χ3v) is 4.25. The molecule has 1 aromatic carbocycles. The van der Waals surface area contributed by atoms with E-state index in [9.17, 15) is 14.7 Å². The predicted octanol–water partition coefficient (Wildman–Crippen LogP) is 1.68. The minimum Gasteiger partial charge on any atom is -0.492 e. The third-order valence-electron chi connectivity index (χ3n) is 4.25. The highest BCUT2D eigenvalue weighted by Gasteiger charge is 2.44. The molecule has 2 aliphatic rings. The summed E-state index contributed by atoms with van der Waals surface area (Å²) in [6.45, 7) is 0.279. The minimum atomic E-state index is -1.09. The van der Waals surface area contributed by atoms with Crippen molar-refractivity contribution in [3.05, 3.63) is 29.8 Å². The maximum Gasteiger partial charge on any atom is 0.329 e. The highest BCUT2D eigenvalue weighted by molar-refractivity contribution is 5.91. The number of carbonyl (C=O) groups excluding carboxylic acids is 1. The van der Waals surface area contributed by atoms with Crippen LogP contribution in [-0.2, 0) is 9.59 Å². The predicted molar refractivity (Wildman–Crippen MR) is 71.7 cm³/mol. The number of nitrogens with one attached hydrogen (secondary N) is 1. The van der Waals surface area contributed by atoms with Crippen LogP contribution in [0.2, 0.25) is 0 Å². The second kappa shape index (κ2) is 4.81. The number of benzene rings is 1. The zero-order valence-electron chi connectivity index (χ0n) is 11.1. The SMILES string of the molecule is O=C(NC1(C(=O)O)CCCC1)C1COc2ccccc21. The molecular weight excluding hydrogens is 258 g/mol. The van der Waals surface area contributed by atoms with Crippen LogP contribution in [0.5, 0.6) is 5.75 Å². The number of carboxylic acid groups (broad SMARTS) is 1. The maximum absolute atomic E-state index is 12.4.